The molecule has 122 valence electrons. The fourth-order valence-corrected chi connectivity index (χ4v) is 2.77. The minimum Gasteiger partial charge on any atom is -0.457 e. The number of para-hydroxylation sites is 1. The van der Waals surface area contributed by atoms with Gasteiger partial charge in [-0.15, -0.1) is 0 Å². The lowest BCUT2D eigenvalue weighted by molar-refractivity contribution is 0.481. The highest BCUT2D eigenvalue weighted by molar-refractivity contribution is 5.35. The summed E-state index contributed by atoms with van der Waals surface area (Å²) in [5.41, 5.74) is 7.62. The summed E-state index contributed by atoms with van der Waals surface area (Å²) in [6.45, 7) is 0.394. The van der Waals surface area contributed by atoms with E-state index in [4.69, 9.17) is 10.5 Å². The molecule has 0 spiro atoms. The molecule has 0 aromatic heterocycles. The predicted octanol–water partition coefficient (Wildman–Crippen LogP) is 4.90. The molecule has 0 saturated carbocycles. The van der Waals surface area contributed by atoms with Crippen LogP contribution in [0.5, 0.6) is 11.5 Å². The van der Waals surface area contributed by atoms with E-state index in [9.17, 15) is 4.39 Å². The Kier molecular flexibility index (Phi) is 5.24. The molecule has 3 rings (SSSR count). The SMILES string of the molecule is NCC(Cc1cccc(Oc2ccccc2)c1)c1ccccc1F. The molecular formula is C21H20FNO. The summed E-state index contributed by atoms with van der Waals surface area (Å²) in [5.74, 6) is 1.30. The normalized spacial score (nSPS) is 11.9. The zero-order valence-electron chi connectivity index (χ0n) is 13.4. The molecule has 1 unspecified atom stereocenters. The third-order valence-corrected chi connectivity index (χ3v) is 3.99. The first-order chi connectivity index (χ1) is 11.8. The average Bonchev–Trinajstić information content (AvgIpc) is 2.62. The predicted molar refractivity (Wildman–Crippen MR) is 94.9 cm³/mol. The van der Waals surface area contributed by atoms with Gasteiger partial charge in [-0.05, 0) is 54.4 Å². The Morgan fingerprint density at radius 1 is 0.833 bits per heavy atom. The van der Waals surface area contributed by atoms with Gasteiger partial charge in [0.15, 0.2) is 0 Å². The first kappa shape index (κ1) is 16.2. The number of hydrogen-bond acceptors (Lipinski definition) is 2. The van der Waals surface area contributed by atoms with Crippen LogP contribution < -0.4 is 10.5 Å². The van der Waals surface area contributed by atoms with Crippen LogP contribution >= 0.6 is 0 Å². The first-order valence-electron chi connectivity index (χ1n) is 8.02. The quantitative estimate of drug-likeness (QED) is 0.700. The van der Waals surface area contributed by atoms with Crippen LogP contribution in [-0.4, -0.2) is 6.54 Å². The van der Waals surface area contributed by atoms with Gasteiger partial charge in [0.2, 0.25) is 0 Å². The van der Waals surface area contributed by atoms with Gasteiger partial charge in [0.1, 0.15) is 17.3 Å². The zero-order chi connectivity index (χ0) is 16.8. The lowest BCUT2D eigenvalue weighted by atomic mass is 9.91. The summed E-state index contributed by atoms with van der Waals surface area (Å²) in [5, 5.41) is 0. The Balaban J connectivity index is 1.77. The summed E-state index contributed by atoms with van der Waals surface area (Å²) in [7, 11) is 0. The van der Waals surface area contributed by atoms with Crippen molar-refractivity contribution in [2.45, 2.75) is 12.3 Å². The van der Waals surface area contributed by atoms with Crippen molar-refractivity contribution >= 4 is 0 Å². The number of benzene rings is 3. The molecule has 0 saturated heterocycles. The van der Waals surface area contributed by atoms with E-state index in [0.717, 1.165) is 17.1 Å². The smallest absolute Gasteiger partial charge is 0.127 e. The van der Waals surface area contributed by atoms with Gasteiger partial charge in [0, 0.05) is 5.92 Å². The standard InChI is InChI=1S/C21H20FNO/c22-21-12-5-4-11-20(21)17(15-23)13-16-7-6-10-19(14-16)24-18-8-2-1-3-9-18/h1-12,14,17H,13,15,23H2. The summed E-state index contributed by atoms with van der Waals surface area (Å²) in [4.78, 5) is 0. The van der Waals surface area contributed by atoms with Gasteiger partial charge in [0.25, 0.3) is 0 Å². The van der Waals surface area contributed by atoms with Gasteiger partial charge in [-0.2, -0.15) is 0 Å². The minimum absolute atomic E-state index is 0.0572. The van der Waals surface area contributed by atoms with Crippen LogP contribution in [0.3, 0.4) is 0 Å². The largest absolute Gasteiger partial charge is 0.457 e. The maximum atomic E-state index is 14.0. The molecular weight excluding hydrogens is 301 g/mol. The first-order valence-corrected chi connectivity index (χ1v) is 8.02. The second-order valence-corrected chi connectivity index (χ2v) is 5.72. The van der Waals surface area contributed by atoms with Crippen molar-refractivity contribution in [1.29, 1.82) is 0 Å². The third kappa shape index (κ3) is 4.00. The van der Waals surface area contributed by atoms with Crippen LogP contribution in [0, 0.1) is 5.82 Å². The maximum Gasteiger partial charge on any atom is 0.127 e. The number of ether oxygens (including phenoxy) is 1. The Morgan fingerprint density at radius 2 is 1.54 bits per heavy atom. The van der Waals surface area contributed by atoms with E-state index in [0.29, 0.717) is 18.5 Å². The van der Waals surface area contributed by atoms with Crippen LogP contribution in [0.15, 0.2) is 78.9 Å². The Labute approximate surface area is 141 Å². The molecule has 0 aliphatic heterocycles. The Morgan fingerprint density at radius 3 is 2.29 bits per heavy atom. The van der Waals surface area contributed by atoms with E-state index >= 15 is 0 Å². The molecule has 0 aliphatic rings. The van der Waals surface area contributed by atoms with E-state index in [-0.39, 0.29) is 11.7 Å². The van der Waals surface area contributed by atoms with E-state index in [1.54, 1.807) is 12.1 Å². The summed E-state index contributed by atoms with van der Waals surface area (Å²) < 4.78 is 19.9. The van der Waals surface area contributed by atoms with Gasteiger partial charge in [-0.25, -0.2) is 4.39 Å². The van der Waals surface area contributed by atoms with E-state index in [2.05, 4.69) is 0 Å². The van der Waals surface area contributed by atoms with Crippen LogP contribution in [-0.2, 0) is 6.42 Å². The molecule has 0 aliphatic carbocycles. The molecule has 0 bridgehead atoms. The lowest BCUT2D eigenvalue weighted by Crippen LogP contribution is -2.16. The fourth-order valence-electron chi connectivity index (χ4n) is 2.77. The molecule has 0 radical (unpaired) electrons. The zero-order valence-corrected chi connectivity index (χ0v) is 13.4. The van der Waals surface area contributed by atoms with Crippen molar-refractivity contribution in [3.05, 3.63) is 95.8 Å². The molecule has 0 fully saturated rings. The monoisotopic (exact) mass is 321 g/mol. The Bertz CT molecular complexity index is 789. The summed E-state index contributed by atoms with van der Waals surface area (Å²) in [6, 6.07) is 24.3. The number of hydrogen-bond donors (Lipinski definition) is 1. The molecule has 2 N–H and O–H groups in total. The topological polar surface area (TPSA) is 35.2 Å². The summed E-state index contributed by atoms with van der Waals surface area (Å²) >= 11 is 0. The second kappa shape index (κ2) is 7.75. The van der Waals surface area contributed by atoms with E-state index in [1.807, 2.05) is 60.7 Å². The van der Waals surface area contributed by atoms with E-state index < -0.39 is 0 Å². The Hall–Kier alpha value is -2.65. The molecule has 3 aromatic carbocycles. The van der Waals surface area contributed by atoms with Crippen molar-refractivity contribution in [3.63, 3.8) is 0 Å². The lowest BCUT2D eigenvalue weighted by Gasteiger charge is -2.16. The maximum absolute atomic E-state index is 14.0. The molecule has 0 heterocycles. The highest BCUT2D eigenvalue weighted by Gasteiger charge is 2.15. The fraction of sp³-hybridized carbons (Fsp3) is 0.143. The number of rotatable bonds is 6. The van der Waals surface area contributed by atoms with Gasteiger partial charge in [-0.1, -0.05) is 48.5 Å². The highest BCUT2D eigenvalue weighted by Crippen LogP contribution is 2.26. The van der Waals surface area contributed by atoms with Crippen molar-refractivity contribution in [2.75, 3.05) is 6.54 Å². The van der Waals surface area contributed by atoms with Crippen LogP contribution in [0.25, 0.3) is 0 Å². The molecule has 0 amide bonds. The van der Waals surface area contributed by atoms with Crippen LogP contribution in [0.1, 0.15) is 17.0 Å². The van der Waals surface area contributed by atoms with Crippen LogP contribution in [0.4, 0.5) is 4.39 Å². The molecule has 3 heteroatoms. The van der Waals surface area contributed by atoms with E-state index in [1.165, 1.54) is 6.07 Å². The molecule has 24 heavy (non-hydrogen) atoms. The summed E-state index contributed by atoms with van der Waals surface area (Å²) in [6.07, 6.45) is 0.670. The van der Waals surface area contributed by atoms with Crippen LogP contribution in [0.2, 0.25) is 0 Å². The molecule has 2 nitrogen and oxygen atoms in total. The van der Waals surface area contributed by atoms with Crippen molar-refractivity contribution in [2.24, 2.45) is 5.73 Å². The van der Waals surface area contributed by atoms with Gasteiger partial charge in [0.05, 0.1) is 0 Å². The molecule has 1 atom stereocenters. The van der Waals surface area contributed by atoms with Crippen molar-refractivity contribution in [3.8, 4) is 11.5 Å². The molecule has 3 aromatic rings. The highest BCUT2D eigenvalue weighted by atomic mass is 19.1. The van der Waals surface area contributed by atoms with Gasteiger partial charge in [-0.3, -0.25) is 0 Å². The van der Waals surface area contributed by atoms with Gasteiger partial charge >= 0.3 is 0 Å². The van der Waals surface area contributed by atoms with Crippen molar-refractivity contribution in [1.82, 2.24) is 0 Å². The number of nitrogens with two attached hydrogens (primary N) is 1. The van der Waals surface area contributed by atoms with Crippen molar-refractivity contribution < 1.29 is 9.13 Å². The second-order valence-electron chi connectivity index (χ2n) is 5.72. The average molecular weight is 321 g/mol. The third-order valence-electron chi connectivity index (χ3n) is 3.99. The number of halogens is 1. The minimum atomic E-state index is -0.204. The van der Waals surface area contributed by atoms with Gasteiger partial charge < -0.3 is 10.5 Å².